The fraction of sp³-hybridized carbons (Fsp3) is 0.0400. The summed E-state index contributed by atoms with van der Waals surface area (Å²) in [6, 6.07) is 25.5. The van der Waals surface area contributed by atoms with Crippen LogP contribution >= 0.6 is 0 Å². The van der Waals surface area contributed by atoms with Crippen molar-refractivity contribution < 1.29 is 4.79 Å². The van der Waals surface area contributed by atoms with Crippen LogP contribution in [0.2, 0.25) is 0 Å². The Morgan fingerprint density at radius 2 is 1.71 bits per heavy atom. The standard InChI is InChI=1S/C25H18N4O2/c1-17(30)27-24-13-7-12-23(28-24)19-14-22(21-11-6-5-8-18(21)15-26)25(31)29(16-19)20-9-3-2-4-10-20/h2-14,16H,1H3,(H,27,28,30). The van der Waals surface area contributed by atoms with Gasteiger partial charge in [0.1, 0.15) is 5.82 Å². The first kappa shape index (κ1) is 19.8. The monoisotopic (exact) mass is 406 g/mol. The van der Waals surface area contributed by atoms with Crippen molar-refractivity contribution in [2.75, 3.05) is 5.32 Å². The van der Waals surface area contributed by atoms with E-state index < -0.39 is 0 Å². The van der Waals surface area contributed by atoms with Crippen LogP contribution in [0.1, 0.15) is 12.5 Å². The number of nitriles is 1. The summed E-state index contributed by atoms with van der Waals surface area (Å²) in [5.41, 5.74) is 3.09. The molecule has 6 heteroatoms. The van der Waals surface area contributed by atoms with Gasteiger partial charge in [-0.05, 0) is 36.4 Å². The molecule has 1 amide bonds. The van der Waals surface area contributed by atoms with Crippen molar-refractivity contribution >= 4 is 11.7 Å². The van der Waals surface area contributed by atoms with Gasteiger partial charge < -0.3 is 5.32 Å². The number of benzene rings is 2. The van der Waals surface area contributed by atoms with Gasteiger partial charge >= 0.3 is 0 Å². The fourth-order valence-electron chi connectivity index (χ4n) is 3.36. The van der Waals surface area contributed by atoms with Crippen LogP contribution in [0.15, 0.2) is 89.9 Å². The number of para-hydroxylation sites is 1. The third-order valence-electron chi connectivity index (χ3n) is 4.74. The number of hydrogen-bond donors (Lipinski definition) is 1. The number of anilines is 1. The first-order valence-corrected chi connectivity index (χ1v) is 9.63. The number of carbonyl (C=O) groups is 1. The number of pyridine rings is 2. The average molecular weight is 406 g/mol. The number of aromatic nitrogens is 2. The predicted octanol–water partition coefficient (Wildman–Crippen LogP) is 4.40. The minimum Gasteiger partial charge on any atom is -0.311 e. The molecule has 2 aromatic carbocycles. The van der Waals surface area contributed by atoms with Gasteiger partial charge in [0.05, 0.1) is 17.3 Å². The van der Waals surface area contributed by atoms with Crippen LogP contribution in [-0.2, 0) is 4.79 Å². The van der Waals surface area contributed by atoms with E-state index in [-0.39, 0.29) is 11.5 Å². The van der Waals surface area contributed by atoms with Crippen LogP contribution in [0.3, 0.4) is 0 Å². The highest BCUT2D eigenvalue weighted by molar-refractivity contribution is 5.88. The summed E-state index contributed by atoms with van der Waals surface area (Å²) in [5.74, 6) is 0.198. The van der Waals surface area contributed by atoms with E-state index in [2.05, 4.69) is 16.4 Å². The van der Waals surface area contributed by atoms with Crippen molar-refractivity contribution in [3.05, 3.63) is 101 Å². The van der Waals surface area contributed by atoms with Crippen molar-refractivity contribution in [2.45, 2.75) is 6.92 Å². The molecule has 4 aromatic rings. The Kier molecular flexibility index (Phi) is 5.41. The van der Waals surface area contributed by atoms with Gasteiger partial charge in [0.15, 0.2) is 0 Å². The molecule has 2 aromatic heterocycles. The molecule has 0 atom stereocenters. The van der Waals surface area contributed by atoms with Gasteiger partial charge in [0.2, 0.25) is 5.91 Å². The first-order valence-electron chi connectivity index (χ1n) is 9.63. The number of nitrogens with zero attached hydrogens (tertiary/aromatic N) is 3. The molecular formula is C25H18N4O2. The summed E-state index contributed by atoms with van der Waals surface area (Å²) in [7, 11) is 0. The lowest BCUT2D eigenvalue weighted by molar-refractivity contribution is -0.114. The molecule has 0 saturated heterocycles. The molecule has 0 bridgehead atoms. The summed E-state index contributed by atoms with van der Waals surface area (Å²) in [5, 5.41) is 12.2. The number of nitrogens with one attached hydrogen (secondary N) is 1. The van der Waals surface area contributed by atoms with Gasteiger partial charge in [-0.1, -0.05) is 42.5 Å². The van der Waals surface area contributed by atoms with E-state index in [1.54, 1.807) is 59.3 Å². The molecule has 150 valence electrons. The minimum absolute atomic E-state index is 0.220. The van der Waals surface area contributed by atoms with Crippen molar-refractivity contribution in [1.82, 2.24) is 9.55 Å². The van der Waals surface area contributed by atoms with Gasteiger partial charge in [-0.15, -0.1) is 0 Å². The number of amides is 1. The van der Waals surface area contributed by atoms with Crippen LogP contribution in [-0.4, -0.2) is 15.5 Å². The van der Waals surface area contributed by atoms with Crippen molar-refractivity contribution in [1.29, 1.82) is 5.26 Å². The third kappa shape index (κ3) is 4.11. The summed E-state index contributed by atoms with van der Waals surface area (Å²) in [6.45, 7) is 1.42. The summed E-state index contributed by atoms with van der Waals surface area (Å²) < 4.78 is 1.55. The highest BCUT2D eigenvalue weighted by atomic mass is 16.1. The molecule has 0 aliphatic carbocycles. The van der Waals surface area contributed by atoms with Gasteiger partial charge in [0, 0.05) is 35.5 Å². The number of hydrogen-bond acceptors (Lipinski definition) is 4. The summed E-state index contributed by atoms with van der Waals surface area (Å²) in [6.07, 6.45) is 1.72. The zero-order valence-electron chi connectivity index (χ0n) is 16.7. The van der Waals surface area contributed by atoms with Gasteiger partial charge in [-0.25, -0.2) is 4.98 Å². The average Bonchev–Trinajstić information content (AvgIpc) is 2.79. The van der Waals surface area contributed by atoms with E-state index in [0.29, 0.717) is 39.5 Å². The van der Waals surface area contributed by atoms with Gasteiger partial charge in [-0.2, -0.15) is 5.26 Å². The summed E-state index contributed by atoms with van der Waals surface area (Å²) in [4.78, 5) is 29.3. The Bertz CT molecular complexity index is 1370. The second-order valence-corrected chi connectivity index (χ2v) is 6.90. The van der Waals surface area contributed by atoms with E-state index in [0.717, 1.165) is 0 Å². The molecule has 0 aliphatic rings. The molecule has 0 saturated carbocycles. The lowest BCUT2D eigenvalue weighted by Crippen LogP contribution is -2.20. The van der Waals surface area contributed by atoms with Crippen molar-refractivity contribution in [3.63, 3.8) is 0 Å². The second kappa shape index (κ2) is 8.47. The third-order valence-corrected chi connectivity index (χ3v) is 4.74. The maximum absolute atomic E-state index is 13.4. The van der Waals surface area contributed by atoms with E-state index in [9.17, 15) is 14.9 Å². The SMILES string of the molecule is CC(=O)Nc1cccc(-c2cc(-c3ccccc3C#N)c(=O)n(-c3ccccc3)c2)n1. The Morgan fingerprint density at radius 1 is 0.968 bits per heavy atom. The Labute approximate surface area is 179 Å². The van der Waals surface area contributed by atoms with E-state index >= 15 is 0 Å². The maximum Gasteiger partial charge on any atom is 0.263 e. The highest BCUT2D eigenvalue weighted by Gasteiger charge is 2.15. The van der Waals surface area contributed by atoms with Crippen LogP contribution in [0.25, 0.3) is 28.1 Å². The molecule has 0 fully saturated rings. The molecule has 0 spiro atoms. The molecule has 31 heavy (non-hydrogen) atoms. The van der Waals surface area contributed by atoms with Gasteiger partial charge in [-0.3, -0.25) is 14.2 Å². The quantitative estimate of drug-likeness (QED) is 0.544. The normalized spacial score (nSPS) is 10.3. The second-order valence-electron chi connectivity index (χ2n) is 6.90. The maximum atomic E-state index is 13.4. The largest absolute Gasteiger partial charge is 0.311 e. The molecular weight excluding hydrogens is 388 g/mol. The van der Waals surface area contributed by atoms with Crippen molar-refractivity contribution in [3.8, 4) is 34.1 Å². The van der Waals surface area contributed by atoms with E-state index in [1.807, 2.05) is 30.3 Å². The molecule has 2 heterocycles. The Balaban J connectivity index is 1.98. The van der Waals surface area contributed by atoms with Gasteiger partial charge in [0.25, 0.3) is 5.56 Å². The first-order chi connectivity index (χ1) is 15.1. The predicted molar refractivity (Wildman–Crippen MR) is 120 cm³/mol. The molecule has 0 unspecified atom stereocenters. The van der Waals surface area contributed by atoms with Crippen LogP contribution in [0, 0.1) is 11.3 Å². The lowest BCUT2D eigenvalue weighted by atomic mass is 9.99. The topological polar surface area (TPSA) is 87.8 Å². The smallest absolute Gasteiger partial charge is 0.263 e. The Hall–Kier alpha value is -4.50. The molecule has 0 aliphatic heterocycles. The minimum atomic E-state index is -0.240. The van der Waals surface area contributed by atoms with Crippen LogP contribution < -0.4 is 10.9 Å². The zero-order valence-corrected chi connectivity index (χ0v) is 16.7. The van der Waals surface area contributed by atoms with Crippen molar-refractivity contribution in [2.24, 2.45) is 0 Å². The van der Waals surface area contributed by atoms with Crippen LogP contribution in [0.4, 0.5) is 5.82 Å². The summed E-state index contributed by atoms with van der Waals surface area (Å²) >= 11 is 0. The molecule has 6 nitrogen and oxygen atoms in total. The van der Waals surface area contributed by atoms with E-state index in [4.69, 9.17) is 0 Å². The van der Waals surface area contributed by atoms with E-state index in [1.165, 1.54) is 6.92 Å². The number of rotatable bonds is 4. The molecule has 4 rings (SSSR count). The lowest BCUT2D eigenvalue weighted by Gasteiger charge is -2.13. The van der Waals surface area contributed by atoms with Crippen LogP contribution in [0.5, 0.6) is 0 Å². The highest BCUT2D eigenvalue weighted by Crippen LogP contribution is 2.26. The zero-order chi connectivity index (χ0) is 21.8. The molecule has 1 N–H and O–H groups in total. The number of carbonyl (C=O) groups excluding carboxylic acids is 1. The Morgan fingerprint density at radius 3 is 2.45 bits per heavy atom. The molecule has 0 radical (unpaired) electrons. The fourth-order valence-corrected chi connectivity index (χ4v) is 3.36.